The van der Waals surface area contributed by atoms with Gasteiger partial charge in [-0.3, -0.25) is 20.0 Å². The molecule has 0 bridgehead atoms. The van der Waals surface area contributed by atoms with Crippen LogP contribution in [0.1, 0.15) is 34.3 Å². The van der Waals surface area contributed by atoms with E-state index in [1.165, 1.54) is 31.0 Å². The Bertz CT molecular complexity index is 1160. The molecule has 2 aliphatic heterocycles. The Balaban J connectivity index is 1.61. The molecule has 1 saturated heterocycles. The van der Waals surface area contributed by atoms with E-state index in [0.29, 0.717) is 35.7 Å². The standard InChI is InChI=1S/C24H25N7O3/c1-2-21(32)31-7-3-4-17(15-31)29-23-18(13-27-14-19(23)24(26)33)22(25)16-5-6-20(28-12-16)30-8-10-34-11-9-30/h2,5-6,8-14,17,25H,1,3-4,7,15H2,(H2,26,33)(H,27,29). The van der Waals surface area contributed by atoms with Crippen molar-refractivity contribution in [2.45, 2.75) is 18.9 Å². The molecule has 2 aliphatic rings. The highest BCUT2D eigenvalue weighted by Crippen LogP contribution is 2.26. The summed E-state index contributed by atoms with van der Waals surface area (Å²) in [6.45, 7) is 4.66. The second kappa shape index (κ2) is 9.99. The van der Waals surface area contributed by atoms with Gasteiger partial charge in [0.1, 0.15) is 18.3 Å². The summed E-state index contributed by atoms with van der Waals surface area (Å²) in [5.41, 5.74) is 7.33. The van der Waals surface area contributed by atoms with Crippen LogP contribution in [0.5, 0.6) is 0 Å². The zero-order valence-electron chi connectivity index (χ0n) is 18.5. The average Bonchev–Trinajstić information content (AvgIpc) is 2.88. The van der Waals surface area contributed by atoms with Crippen LogP contribution in [0.3, 0.4) is 0 Å². The first-order valence-corrected chi connectivity index (χ1v) is 10.8. The lowest BCUT2D eigenvalue weighted by atomic mass is 9.99. The topological polar surface area (TPSA) is 138 Å². The Morgan fingerprint density at radius 3 is 2.65 bits per heavy atom. The fourth-order valence-corrected chi connectivity index (χ4v) is 3.91. The highest BCUT2D eigenvalue weighted by atomic mass is 16.5. The van der Waals surface area contributed by atoms with Gasteiger partial charge in [-0.15, -0.1) is 0 Å². The zero-order chi connectivity index (χ0) is 24.1. The van der Waals surface area contributed by atoms with Gasteiger partial charge in [0.25, 0.3) is 5.91 Å². The number of amides is 2. The molecule has 1 atom stereocenters. The molecule has 34 heavy (non-hydrogen) atoms. The van der Waals surface area contributed by atoms with E-state index in [2.05, 4.69) is 21.9 Å². The maximum atomic E-state index is 12.2. The summed E-state index contributed by atoms with van der Waals surface area (Å²) < 4.78 is 5.03. The minimum atomic E-state index is -0.654. The molecule has 2 amide bonds. The van der Waals surface area contributed by atoms with Crippen LogP contribution in [-0.2, 0) is 9.53 Å². The smallest absolute Gasteiger partial charge is 0.252 e. The molecule has 10 heteroatoms. The molecule has 4 N–H and O–H groups in total. The molecule has 10 nitrogen and oxygen atoms in total. The maximum absolute atomic E-state index is 12.2. The zero-order valence-corrected chi connectivity index (χ0v) is 18.5. The van der Waals surface area contributed by atoms with Crippen molar-refractivity contribution in [3.63, 3.8) is 0 Å². The number of aromatic nitrogens is 2. The molecule has 4 heterocycles. The number of hydrogen-bond donors (Lipinski definition) is 3. The van der Waals surface area contributed by atoms with Crippen LogP contribution < -0.4 is 16.0 Å². The van der Waals surface area contributed by atoms with Gasteiger partial charge in [-0.2, -0.15) is 0 Å². The summed E-state index contributed by atoms with van der Waals surface area (Å²) in [4.78, 5) is 36.3. The van der Waals surface area contributed by atoms with Gasteiger partial charge < -0.3 is 25.6 Å². The SMILES string of the molecule is C=CC(=O)N1CCCC(Nc2c(C(=N)c3ccc(N4C=COC=C4)nc3)cncc2C(N)=O)C1. The molecule has 2 aromatic rings. The van der Waals surface area contributed by atoms with Crippen molar-refractivity contribution in [2.75, 3.05) is 23.3 Å². The molecule has 4 rings (SSSR count). The summed E-state index contributed by atoms with van der Waals surface area (Å²) in [7, 11) is 0. The molecular formula is C24H25N7O3. The molecule has 0 aromatic carbocycles. The Morgan fingerprint density at radius 1 is 1.21 bits per heavy atom. The van der Waals surface area contributed by atoms with Crippen molar-refractivity contribution in [2.24, 2.45) is 5.73 Å². The van der Waals surface area contributed by atoms with Gasteiger partial charge in [0.2, 0.25) is 5.91 Å². The lowest BCUT2D eigenvalue weighted by Gasteiger charge is -2.33. The number of hydrogen-bond acceptors (Lipinski definition) is 8. The van der Waals surface area contributed by atoms with Gasteiger partial charge in [-0.1, -0.05) is 6.58 Å². The Hall–Kier alpha value is -4.47. The molecule has 0 saturated carbocycles. The van der Waals surface area contributed by atoms with Crippen LogP contribution in [0.15, 0.2) is 68.3 Å². The maximum Gasteiger partial charge on any atom is 0.252 e. The number of carbonyl (C=O) groups is 2. The van der Waals surface area contributed by atoms with Crippen molar-refractivity contribution < 1.29 is 14.3 Å². The summed E-state index contributed by atoms with van der Waals surface area (Å²) in [6, 6.07) is 3.43. The van der Waals surface area contributed by atoms with Gasteiger partial charge in [-0.05, 0) is 31.1 Å². The van der Waals surface area contributed by atoms with Crippen molar-refractivity contribution in [3.05, 3.63) is 85.0 Å². The molecule has 0 radical (unpaired) electrons. The molecule has 1 unspecified atom stereocenters. The van der Waals surface area contributed by atoms with E-state index < -0.39 is 5.91 Å². The largest absolute Gasteiger partial charge is 0.470 e. The number of nitrogens with zero attached hydrogens (tertiary/aromatic N) is 4. The van der Waals surface area contributed by atoms with Gasteiger partial charge in [0.15, 0.2) is 0 Å². The Kier molecular flexibility index (Phi) is 6.67. The lowest BCUT2D eigenvalue weighted by molar-refractivity contribution is -0.127. The minimum Gasteiger partial charge on any atom is -0.470 e. The summed E-state index contributed by atoms with van der Waals surface area (Å²) in [5, 5.41) is 12.2. The van der Waals surface area contributed by atoms with Crippen LogP contribution in [0.2, 0.25) is 0 Å². The van der Waals surface area contributed by atoms with E-state index in [4.69, 9.17) is 15.9 Å². The van der Waals surface area contributed by atoms with E-state index in [1.54, 1.807) is 40.5 Å². The fourth-order valence-electron chi connectivity index (χ4n) is 3.91. The van der Waals surface area contributed by atoms with E-state index in [9.17, 15) is 9.59 Å². The lowest BCUT2D eigenvalue weighted by Crippen LogP contribution is -2.45. The third-order valence-electron chi connectivity index (χ3n) is 5.64. The van der Waals surface area contributed by atoms with Crippen LogP contribution >= 0.6 is 0 Å². The van der Waals surface area contributed by atoms with Gasteiger partial charge in [0, 0.05) is 61.2 Å². The fraction of sp³-hybridized carbons (Fsp3) is 0.208. The first-order valence-electron chi connectivity index (χ1n) is 10.8. The molecule has 0 spiro atoms. The van der Waals surface area contributed by atoms with Crippen molar-refractivity contribution >= 4 is 29.0 Å². The second-order valence-electron chi connectivity index (χ2n) is 7.84. The van der Waals surface area contributed by atoms with Crippen LogP contribution in [0, 0.1) is 5.41 Å². The number of primary amides is 1. The van der Waals surface area contributed by atoms with E-state index in [0.717, 1.165) is 12.8 Å². The van der Waals surface area contributed by atoms with Crippen molar-refractivity contribution in [3.8, 4) is 0 Å². The number of pyridine rings is 2. The number of rotatable bonds is 7. The Labute approximate surface area is 196 Å². The molecule has 2 aromatic heterocycles. The van der Waals surface area contributed by atoms with Crippen LogP contribution in [0.25, 0.3) is 0 Å². The van der Waals surface area contributed by atoms with Crippen LogP contribution in [0.4, 0.5) is 11.5 Å². The van der Waals surface area contributed by atoms with E-state index in [-0.39, 0.29) is 23.2 Å². The quantitative estimate of drug-likeness (QED) is 0.427. The second-order valence-corrected chi connectivity index (χ2v) is 7.84. The molecular weight excluding hydrogens is 434 g/mol. The molecule has 1 fully saturated rings. The minimum absolute atomic E-state index is 0.120. The average molecular weight is 460 g/mol. The molecule has 0 aliphatic carbocycles. The van der Waals surface area contributed by atoms with Gasteiger partial charge >= 0.3 is 0 Å². The summed E-state index contributed by atoms with van der Waals surface area (Å²) >= 11 is 0. The van der Waals surface area contributed by atoms with Crippen molar-refractivity contribution in [1.82, 2.24) is 14.9 Å². The number of piperidine rings is 1. The number of anilines is 2. The highest BCUT2D eigenvalue weighted by Gasteiger charge is 2.25. The van der Waals surface area contributed by atoms with Crippen molar-refractivity contribution in [1.29, 1.82) is 5.41 Å². The first-order chi connectivity index (χ1) is 16.5. The number of likely N-dealkylation sites (tertiary alicyclic amines) is 1. The van der Waals surface area contributed by atoms with E-state index >= 15 is 0 Å². The normalized spacial score (nSPS) is 17.1. The van der Waals surface area contributed by atoms with Gasteiger partial charge in [-0.25, -0.2) is 4.98 Å². The monoisotopic (exact) mass is 459 g/mol. The molecule has 174 valence electrons. The highest BCUT2D eigenvalue weighted by molar-refractivity contribution is 6.16. The number of carbonyl (C=O) groups excluding carboxylic acids is 2. The number of nitrogens with two attached hydrogens (primary N) is 1. The third kappa shape index (κ3) is 4.80. The number of ether oxygens (including phenoxy) is 1. The summed E-state index contributed by atoms with van der Waals surface area (Å²) in [5.74, 6) is -0.136. The van der Waals surface area contributed by atoms with E-state index in [1.807, 2.05) is 0 Å². The predicted octanol–water partition coefficient (Wildman–Crippen LogP) is 2.36. The van der Waals surface area contributed by atoms with Gasteiger partial charge in [0.05, 0.1) is 17.0 Å². The Morgan fingerprint density at radius 2 is 1.97 bits per heavy atom. The summed E-state index contributed by atoms with van der Waals surface area (Å²) in [6.07, 6.45) is 13.9. The van der Waals surface area contributed by atoms with Crippen LogP contribution in [-0.4, -0.2) is 51.5 Å². The first kappa shape index (κ1) is 22.7. The number of nitrogens with one attached hydrogen (secondary N) is 2. The third-order valence-corrected chi connectivity index (χ3v) is 5.64. The predicted molar refractivity (Wildman–Crippen MR) is 128 cm³/mol.